The normalized spacial score (nSPS) is 28.1. The van der Waals surface area contributed by atoms with Gasteiger partial charge in [0, 0.05) is 24.1 Å². The highest BCUT2D eigenvalue weighted by Crippen LogP contribution is 2.44. The van der Waals surface area contributed by atoms with Gasteiger partial charge in [-0.25, -0.2) is 0 Å². The van der Waals surface area contributed by atoms with Crippen molar-refractivity contribution >= 4 is 6.01 Å². The quantitative estimate of drug-likeness (QED) is 0.795. The Labute approximate surface area is 119 Å². The predicted molar refractivity (Wildman–Crippen MR) is 75.4 cm³/mol. The molecule has 3 rings (SSSR count). The minimum Gasteiger partial charge on any atom is -0.407 e. The lowest BCUT2D eigenvalue weighted by Gasteiger charge is -2.51. The second kappa shape index (κ2) is 5.33. The number of aromatic nitrogens is 2. The molecule has 2 atom stereocenters. The predicted octanol–water partition coefficient (Wildman–Crippen LogP) is 1.94. The Hall–Kier alpha value is -1.14. The molecule has 1 heterocycles. The van der Waals surface area contributed by atoms with Crippen molar-refractivity contribution in [3.63, 3.8) is 0 Å². The van der Waals surface area contributed by atoms with Gasteiger partial charge < -0.3 is 19.8 Å². The van der Waals surface area contributed by atoms with Crippen LogP contribution < -0.4 is 10.6 Å². The average Bonchev–Trinajstić information content (AvgIpc) is 3.15. The Balaban J connectivity index is 1.50. The first-order chi connectivity index (χ1) is 9.59. The van der Waals surface area contributed by atoms with Gasteiger partial charge in [-0.15, -0.1) is 5.10 Å². The molecule has 20 heavy (non-hydrogen) atoms. The monoisotopic (exact) mass is 280 g/mol. The first-order valence-corrected chi connectivity index (χ1v) is 7.53. The van der Waals surface area contributed by atoms with Crippen molar-refractivity contribution in [2.24, 2.45) is 5.41 Å². The summed E-state index contributed by atoms with van der Waals surface area (Å²) in [6.07, 6.45) is 3.81. The maximum Gasteiger partial charge on any atom is 0.315 e. The van der Waals surface area contributed by atoms with Crippen molar-refractivity contribution in [1.29, 1.82) is 0 Å². The summed E-state index contributed by atoms with van der Waals surface area (Å²) < 4.78 is 11.3. The largest absolute Gasteiger partial charge is 0.407 e. The van der Waals surface area contributed by atoms with Crippen LogP contribution in [0.25, 0.3) is 0 Å². The van der Waals surface area contributed by atoms with Gasteiger partial charge in [0.15, 0.2) is 0 Å². The van der Waals surface area contributed by atoms with Crippen LogP contribution in [0.4, 0.5) is 6.01 Å². The standard InChI is InChI=1S/C14H24N4O2/c1-4-19-11-7-10(14(11,2)3)16-13-18-17-12(20-13)8-15-9-5-6-9/h9-11,15H,4-8H2,1-3H3,(H,16,18). The number of nitrogens with one attached hydrogen (secondary N) is 2. The molecule has 0 bridgehead atoms. The molecule has 2 fully saturated rings. The molecule has 2 unspecified atom stereocenters. The molecule has 0 aliphatic heterocycles. The summed E-state index contributed by atoms with van der Waals surface area (Å²) in [6, 6.07) is 1.49. The van der Waals surface area contributed by atoms with E-state index in [0.29, 0.717) is 36.6 Å². The van der Waals surface area contributed by atoms with Gasteiger partial charge in [0.05, 0.1) is 12.6 Å². The van der Waals surface area contributed by atoms with E-state index in [1.165, 1.54) is 12.8 Å². The van der Waals surface area contributed by atoms with E-state index < -0.39 is 0 Å². The molecule has 0 saturated heterocycles. The molecule has 6 nitrogen and oxygen atoms in total. The fourth-order valence-corrected chi connectivity index (χ4v) is 2.67. The lowest BCUT2D eigenvalue weighted by molar-refractivity contribution is -0.0980. The van der Waals surface area contributed by atoms with Crippen LogP contribution in [0.5, 0.6) is 0 Å². The molecule has 2 N–H and O–H groups in total. The molecule has 112 valence electrons. The average molecular weight is 280 g/mol. The number of hydrogen-bond donors (Lipinski definition) is 2. The van der Waals surface area contributed by atoms with Crippen LogP contribution in [0.2, 0.25) is 0 Å². The van der Waals surface area contributed by atoms with Gasteiger partial charge in [-0.05, 0) is 26.2 Å². The fraction of sp³-hybridized carbons (Fsp3) is 0.857. The molecule has 0 amide bonds. The number of hydrogen-bond acceptors (Lipinski definition) is 6. The first-order valence-electron chi connectivity index (χ1n) is 7.53. The lowest BCUT2D eigenvalue weighted by atomic mass is 9.64. The third-order valence-electron chi connectivity index (χ3n) is 4.43. The Morgan fingerprint density at radius 3 is 2.80 bits per heavy atom. The zero-order chi connectivity index (χ0) is 14.2. The van der Waals surface area contributed by atoms with Gasteiger partial charge in [-0.3, -0.25) is 0 Å². The van der Waals surface area contributed by atoms with Crippen LogP contribution in [-0.4, -0.2) is 35.0 Å². The summed E-state index contributed by atoms with van der Waals surface area (Å²) in [5.41, 5.74) is 0.0942. The van der Waals surface area contributed by atoms with Gasteiger partial charge >= 0.3 is 6.01 Å². The second-order valence-corrected chi connectivity index (χ2v) is 6.35. The van der Waals surface area contributed by atoms with E-state index in [0.717, 1.165) is 13.0 Å². The van der Waals surface area contributed by atoms with Crippen molar-refractivity contribution < 1.29 is 9.15 Å². The number of rotatable bonds is 7. The molecule has 2 aliphatic rings. The van der Waals surface area contributed by atoms with E-state index in [1.807, 2.05) is 6.92 Å². The third-order valence-corrected chi connectivity index (χ3v) is 4.43. The van der Waals surface area contributed by atoms with E-state index in [-0.39, 0.29) is 5.41 Å². The first kappa shape index (κ1) is 13.8. The van der Waals surface area contributed by atoms with Gasteiger partial charge in [-0.2, -0.15) is 0 Å². The minimum absolute atomic E-state index is 0.0942. The van der Waals surface area contributed by atoms with Gasteiger partial charge in [0.1, 0.15) is 0 Å². The SMILES string of the molecule is CCOC1CC(Nc2nnc(CNC3CC3)o2)C1(C)C. The van der Waals surface area contributed by atoms with E-state index >= 15 is 0 Å². The number of anilines is 1. The van der Waals surface area contributed by atoms with Crippen molar-refractivity contribution in [2.75, 3.05) is 11.9 Å². The summed E-state index contributed by atoms with van der Waals surface area (Å²) in [7, 11) is 0. The molecule has 1 aromatic rings. The highest BCUT2D eigenvalue weighted by Gasteiger charge is 2.49. The van der Waals surface area contributed by atoms with Crippen molar-refractivity contribution in [1.82, 2.24) is 15.5 Å². The zero-order valence-electron chi connectivity index (χ0n) is 12.5. The molecule has 0 spiro atoms. The fourth-order valence-electron chi connectivity index (χ4n) is 2.67. The third kappa shape index (κ3) is 2.81. The second-order valence-electron chi connectivity index (χ2n) is 6.35. The molecule has 0 radical (unpaired) electrons. The smallest absolute Gasteiger partial charge is 0.315 e. The van der Waals surface area contributed by atoms with Crippen LogP contribution >= 0.6 is 0 Å². The molecule has 1 aromatic heterocycles. The zero-order valence-corrected chi connectivity index (χ0v) is 12.5. The topological polar surface area (TPSA) is 72.2 Å². The van der Waals surface area contributed by atoms with Crippen LogP contribution in [0, 0.1) is 5.41 Å². The number of ether oxygens (including phenoxy) is 1. The molecule has 2 saturated carbocycles. The summed E-state index contributed by atoms with van der Waals surface area (Å²) in [5, 5.41) is 14.8. The molecule has 2 aliphatic carbocycles. The van der Waals surface area contributed by atoms with Gasteiger partial charge in [0.25, 0.3) is 0 Å². The maximum atomic E-state index is 5.72. The summed E-state index contributed by atoms with van der Waals surface area (Å²) >= 11 is 0. The van der Waals surface area contributed by atoms with Gasteiger partial charge in [-0.1, -0.05) is 18.9 Å². The van der Waals surface area contributed by atoms with Gasteiger partial charge in [0.2, 0.25) is 5.89 Å². The lowest BCUT2D eigenvalue weighted by Crippen LogP contribution is -2.58. The van der Waals surface area contributed by atoms with Crippen molar-refractivity contribution in [3.8, 4) is 0 Å². The van der Waals surface area contributed by atoms with E-state index in [9.17, 15) is 0 Å². The Morgan fingerprint density at radius 2 is 2.15 bits per heavy atom. The van der Waals surface area contributed by atoms with E-state index in [2.05, 4.69) is 34.7 Å². The van der Waals surface area contributed by atoms with Crippen LogP contribution in [0.1, 0.15) is 45.9 Å². The van der Waals surface area contributed by atoms with E-state index in [1.54, 1.807) is 0 Å². The van der Waals surface area contributed by atoms with E-state index in [4.69, 9.17) is 9.15 Å². The highest BCUT2D eigenvalue weighted by molar-refractivity contribution is 5.25. The van der Waals surface area contributed by atoms with Crippen molar-refractivity contribution in [3.05, 3.63) is 5.89 Å². The molecule has 0 aromatic carbocycles. The van der Waals surface area contributed by atoms with Crippen molar-refractivity contribution in [2.45, 2.75) is 64.8 Å². The Kier molecular flexibility index (Phi) is 3.69. The van der Waals surface area contributed by atoms with Crippen LogP contribution in [0.3, 0.4) is 0 Å². The number of nitrogens with zero attached hydrogens (tertiary/aromatic N) is 2. The molecular weight excluding hydrogens is 256 g/mol. The summed E-state index contributed by atoms with van der Waals surface area (Å²) in [5.74, 6) is 0.651. The highest BCUT2D eigenvalue weighted by atomic mass is 16.5. The molecule has 6 heteroatoms. The van der Waals surface area contributed by atoms with Crippen LogP contribution in [0.15, 0.2) is 4.42 Å². The van der Waals surface area contributed by atoms with Crippen LogP contribution in [-0.2, 0) is 11.3 Å². The maximum absolute atomic E-state index is 5.72. The Bertz CT molecular complexity index is 456. The summed E-state index contributed by atoms with van der Waals surface area (Å²) in [4.78, 5) is 0. The minimum atomic E-state index is 0.0942. The Morgan fingerprint density at radius 1 is 1.35 bits per heavy atom. The summed E-state index contributed by atoms with van der Waals surface area (Å²) in [6.45, 7) is 7.88. The molecular formula is C14H24N4O2.